The Bertz CT molecular complexity index is 1290. The van der Waals surface area contributed by atoms with Crippen LogP contribution in [0, 0.1) is 13.8 Å². The number of aryl methyl sites for hydroxylation is 2. The van der Waals surface area contributed by atoms with Crippen LogP contribution in [-0.4, -0.2) is 50.3 Å². The summed E-state index contributed by atoms with van der Waals surface area (Å²) in [6, 6.07) is 20.2. The number of benzene rings is 3. The minimum absolute atomic E-state index is 0.0713. The Kier molecular flexibility index (Phi) is 7.26. The average Bonchev–Trinajstić information content (AvgIpc) is 2.82. The molecule has 0 saturated carbocycles. The van der Waals surface area contributed by atoms with Gasteiger partial charge in [0.15, 0.2) is 0 Å². The SMILES string of the molecule is Cc1ccc(C)c(NS(=O)(=O)c2cc(C(=O)N3CCN(Cc4ccccc4)CC3)ccc2Cl)c1. The molecule has 6 nitrogen and oxygen atoms in total. The lowest BCUT2D eigenvalue weighted by Crippen LogP contribution is -2.48. The first-order valence-corrected chi connectivity index (χ1v) is 13.0. The molecule has 34 heavy (non-hydrogen) atoms. The second-order valence-electron chi connectivity index (χ2n) is 8.62. The average molecular weight is 498 g/mol. The van der Waals surface area contributed by atoms with E-state index in [-0.39, 0.29) is 15.8 Å². The fraction of sp³-hybridized carbons (Fsp3) is 0.269. The fourth-order valence-corrected chi connectivity index (χ4v) is 5.67. The van der Waals surface area contributed by atoms with Crippen molar-refractivity contribution in [1.29, 1.82) is 0 Å². The Morgan fingerprint density at radius 3 is 2.35 bits per heavy atom. The Hall–Kier alpha value is -2.87. The van der Waals surface area contributed by atoms with E-state index in [4.69, 9.17) is 11.6 Å². The number of anilines is 1. The maximum Gasteiger partial charge on any atom is 0.263 e. The summed E-state index contributed by atoms with van der Waals surface area (Å²) in [6.45, 7) is 7.24. The van der Waals surface area contributed by atoms with E-state index in [9.17, 15) is 13.2 Å². The van der Waals surface area contributed by atoms with Gasteiger partial charge in [0, 0.05) is 38.3 Å². The highest BCUT2D eigenvalue weighted by Gasteiger charge is 2.25. The zero-order valence-corrected chi connectivity index (χ0v) is 20.9. The molecule has 1 N–H and O–H groups in total. The van der Waals surface area contributed by atoms with E-state index >= 15 is 0 Å². The van der Waals surface area contributed by atoms with E-state index in [1.165, 1.54) is 17.7 Å². The summed E-state index contributed by atoms with van der Waals surface area (Å²) in [4.78, 5) is 17.1. The minimum atomic E-state index is -3.97. The number of rotatable bonds is 6. The van der Waals surface area contributed by atoms with Crippen molar-refractivity contribution >= 4 is 33.2 Å². The number of halogens is 1. The standard InChI is InChI=1S/C26H28ClN3O3S/c1-19-8-9-20(2)24(16-19)28-34(32,33)25-17-22(10-11-23(25)27)26(31)30-14-12-29(13-15-30)18-21-6-4-3-5-7-21/h3-11,16-17,28H,12-15,18H2,1-2H3. The summed E-state index contributed by atoms with van der Waals surface area (Å²) in [5.41, 5.74) is 3.77. The molecule has 178 valence electrons. The van der Waals surface area contributed by atoms with Crippen molar-refractivity contribution in [3.05, 3.63) is 94.0 Å². The van der Waals surface area contributed by atoms with Crippen molar-refractivity contribution in [3.63, 3.8) is 0 Å². The van der Waals surface area contributed by atoms with E-state index in [0.717, 1.165) is 30.8 Å². The predicted molar refractivity (Wildman–Crippen MR) is 136 cm³/mol. The van der Waals surface area contributed by atoms with Crippen molar-refractivity contribution < 1.29 is 13.2 Å². The molecule has 1 aliphatic rings. The molecule has 1 saturated heterocycles. The Labute approximate surface area is 206 Å². The van der Waals surface area contributed by atoms with E-state index in [1.54, 1.807) is 17.0 Å². The maximum atomic E-state index is 13.2. The number of nitrogens with zero attached hydrogens (tertiary/aromatic N) is 2. The van der Waals surface area contributed by atoms with Crippen molar-refractivity contribution in [2.75, 3.05) is 30.9 Å². The fourth-order valence-electron chi connectivity index (χ4n) is 4.02. The summed E-state index contributed by atoms with van der Waals surface area (Å²) in [6.07, 6.45) is 0. The molecule has 1 amide bonds. The van der Waals surface area contributed by atoms with Gasteiger partial charge in [-0.15, -0.1) is 0 Å². The van der Waals surface area contributed by atoms with Gasteiger partial charge in [-0.1, -0.05) is 54.1 Å². The number of amides is 1. The highest BCUT2D eigenvalue weighted by molar-refractivity contribution is 7.92. The quantitative estimate of drug-likeness (QED) is 0.535. The van der Waals surface area contributed by atoms with Crippen LogP contribution in [0.2, 0.25) is 5.02 Å². The summed E-state index contributed by atoms with van der Waals surface area (Å²) in [7, 11) is -3.97. The molecular formula is C26H28ClN3O3S. The molecule has 3 aromatic carbocycles. The van der Waals surface area contributed by atoms with Crippen LogP contribution in [0.25, 0.3) is 0 Å². The Morgan fingerprint density at radius 2 is 1.65 bits per heavy atom. The van der Waals surface area contributed by atoms with Gasteiger partial charge in [-0.3, -0.25) is 14.4 Å². The summed E-state index contributed by atoms with van der Waals surface area (Å²) in [5, 5.41) is 0.0713. The highest BCUT2D eigenvalue weighted by Crippen LogP contribution is 2.27. The van der Waals surface area contributed by atoms with Crippen molar-refractivity contribution in [3.8, 4) is 0 Å². The number of nitrogens with one attached hydrogen (secondary N) is 1. The first kappa shape index (κ1) is 24.3. The topological polar surface area (TPSA) is 69.7 Å². The molecule has 0 aromatic heterocycles. The van der Waals surface area contributed by atoms with Crippen LogP contribution in [0.4, 0.5) is 5.69 Å². The zero-order valence-electron chi connectivity index (χ0n) is 19.3. The van der Waals surface area contributed by atoms with Crippen molar-refractivity contribution in [2.45, 2.75) is 25.3 Å². The van der Waals surface area contributed by atoms with E-state index in [0.29, 0.717) is 24.3 Å². The van der Waals surface area contributed by atoms with E-state index in [1.807, 2.05) is 44.2 Å². The second kappa shape index (κ2) is 10.2. The number of carbonyl (C=O) groups is 1. The monoisotopic (exact) mass is 497 g/mol. The molecular weight excluding hydrogens is 470 g/mol. The molecule has 0 bridgehead atoms. The summed E-state index contributed by atoms with van der Waals surface area (Å²) < 4.78 is 28.9. The predicted octanol–water partition coefficient (Wildman–Crippen LogP) is 4.72. The lowest BCUT2D eigenvalue weighted by molar-refractivity contribution is 0.0628. The van der Waals surface area contributed by atoms with Gasteiger partial charge in [-0.2, -0.15) is 0 Å². The molecule has 4 rings (SSSR count). The van der Waals surface area contributed by atoms with Crippen LogP contribution in [0.3, 0.4) is 0 Å². The lowest BCUT2D eigenvalue weighted by atomic mass is 10.1. The van der Waals surface area contributed by atoms with E-state index in [2.05, 4.69) is 21.8 Å². The number of hydrogen-bond donors (Lipinski definition) is 1. The number of piperazine rings is 1. The van der Waals surface area contributed by atoms with E-state index < -0.39 is 10.0 Å². The van der Waals surface area contributed by atoms with Gasteiger partial charge in [0.05, 0.1) is 10.7 Å². The third-order valence-corrected chi connectivity index (χ3v) is 7.86. The zero-order chi connectivity index (χ0) is 24.3. The normalized spacial score (nSPS) is 14.7. The van der Waals surface area contributed by atoms with Gasteiger partial charge in [0.1, 0.15) is 4.90 Å². The van der Waals surface area contributed by atoms with Crippen LogP contribution >= 0.6 is 11.6 Å². The van der Waals surface area contributed by atoms with Gasteiger partial charge >= 0.3 is 0 Å². The summed E-state index contributed by atoms with van der Waals surface area (Å²) >= 11 is 6.25. The maximum absolute atomic E-state index is 13.2. The third kappa shape index (κ3) is 5.60. The molecule has 1 heterocycles. The van der Waals surface area contributed by atoms with Crippen LogP contribution in [0.5, 0.6) is 0 Å². The Balaban J connectivity index is 1.47. The van der Waals surface area contributed by atoms with Crippen molar-refractivity contribution in [1.82, 2.24) is 9.80 Å². The van der Waals surface area contributed by atoms with Gasteiger partial charge in [-0.05, 0) is 54.8 Å². The molecule has 1 aliphatic heterocycles. The summed E-state index contributed by atoms with van der Waals surface area (Å²) in [5.74, 6) is -0.195. The van der Waals surface area contributed by atoms with Gasteiger partial charge in [-0.25, -0.2) is 8.42 Å². The number of carbonyl (C=O) groups excluding carboxylic acids is 1. The Morgan fingerprint density at radius 1 is 0.941 bits per heavy atom. The smallest absolute Gasteiger partial charge is 0.263 e. The molecule has 0 spiro atoms. The van der Waals surface area contributed by atoms with Gasteiger partial charge in [0.25, 0.3) is 15.9 Å². The van der Waals surface area contributed by atoms with Crippen LogP contribution in [0.1, 0.15) is 27.0 Å². The molecule has 8 heteroatoms. The first-order valence-electron chi connectivity index (χ1n) is 11.2. The van der Waals surface area contributed by atoms with Gasteiger partial charge < -0.3 is 4.90 Å². The molecule has 0 unspecified atom stereocenters. The van der Waals surface area contributed by atoms with Crippen LogP contribution in [-0.2, 0) is 16.6 Å². The lowest BCUT2D eigenvalue weighted by Gasteiger charge is -2.34. The molecule has 3 aromatic rings. The van der Waals surface area contributed by atoms with Crippen molar-refractivity contribution in [2.24, 2.45) is 0 Å². The van der Waals surface area contributed by atoms with Gasteiger partial charge in [0.2, 0.25) is 0 Å². The molecule has 0 radical (unpaired) electrons. The third-order valence-electron chi connectivity index (χ3n) is 6.01. The van der Waals surface area contributed by atoms with Crippen LogP contribution in [0.15, 0.2) is 71.6 Å². The molecule has 1 fully saturated rings. The number of hydrogen-bond acceptors (Lipinski definition) is 4. The largest absolute Gasteiger partial charge is 0.336 e. The second-order valence-corrected chi connectivity index (χ2v) is 10.7. The highest BCUT2D eigenvalue weighted by atomic mass is 35.5. The minimum Gasteiger partial charge on any atom is -0.336 e. The van der Waals surface area contributed by atoms with Crippen LogP contribution < -0.4 is 4.72 Å². The first-order chi connectivity index (χ1) is 16.2. The molecule has 0 atom stereocenters. The molecule has 0 aliphatic carbocycles. The number of sulfonamides is 1.